The summed E-state index contributed by atoms with van der Waals surface area (Å²) < 4.78 is 0. The highest BCUT2D eigenvalue weighted by molar-refractivity contribution is 5.94. The van der Waals surface area contributed by atoms with Crippen molar-refractivity contribution in [3.05, 3.63) is 24.2 Å². The van der Waals surface area contributed by atoms with E-state index in [-0.39, 0.29) is 17.3 Å². The Hall–Kier alpha value is -1.45. The number of aliphatic hydroxyl groups excluding tert-OH is 1. The Morgan fingerprint density at radius 3 is 2.40 bits per heavy atom. The summed E-state index contributed by atoms with van der Waals surface area (Å²) >= 11 is 0. The zero-order valence-electron chi connectivity index (χ0n) is 5.81. The van der Waals surface area contributed by atoms with Gasteiger partial charge in [0.05, 0.1) is 0 Å². The Balaban J connectivity index is 4.42. The molecule has 56 valence electrons. The molecule has 0 aliphatic carbocycles. The van der Waals surface area contributed by atoms with Crippen molar-refractivity contribution in [1.82, 2.24) is 5.32 Å². The third-order valence-corrected chi connectivity index (χ3v) is 0.878. The van der Waals surface area contributed by atoms with Crippen LogP contribution in [-0.4, -0.2) is 10.9 Å². The van der Waals surface area contributed by atoms with Crippen LogP contribution in [0.1, 0.15) is 6.92 Å². The van der Waals surface area contributed by atoms with Gasteiger partial charge in [0.15, 0.2) is 0 Å². The molecule has 5 N–H and O–H groups in total. The maximum Gasteiger partial charge on any atom is 0.143 e. The zero-order valence-corrected chi connectivity index (χ0v) is 5.81. The summed E-state index contributed by atoms with van der Waals surface area (Å²) in [6.45, 7) is 4.79. The van der Waals surface area contributed by atoms with E-state index in [2.05, 4.69) is 11.9 Å². The Morgan fingerprint density at radius 2 is 2.30 bits per heavy atom. The average molecular weight is 141 g/mol. The first-order chi connectivity index (χ1) is 4.59. The van der Waals surface area contributed by atoms with Crippen LogP contribution in [0.3, 0.4) is 0 Å². The number of hydrogen-bond donors (Lipinski definition) is 4. The van der Waals surface area contributed by atoms with Gasteiger partial charge in [0, 0.05) is 0 Å². The summed E-state index contributed by atoms with van der Waals surface area (Å²) in [5.74, 6) is -0.229. The summed E-state index contributed by atoms with van der Waals surface area (Å²) in [7, 11) is 0. The lowest BCUT2D eigenvalue weighted by atomic mass is 10.3. The van der Waals surface area contributed by atoms with Gasteiger partial charge in [0.2, 0.25) is 0 Å². The van der Waals surface area contributed by atoms with Gasteiger partial charge in [0.25, 0.3) is 0 Å². The molecule has 4 nitrogen and oxygen atoms in total. The maximum absolute atomic E-state index is 8.86. The summed E-state index contributed by atoms with van der Waals surface area (Å²) in [6, 6.07) is 0. The van der Waals surface area contributed by atoms with Crippen molar-refractivity contribution in [2.45, 2.75) is 6.92 Å². The van der Waals surface area contributed by atoms with E-state index >= 15 is 0 Å². The van der Waals surface area contributed by atoms with Crippen LogP contribution in [0.5, 0.6) is 0 Å². The number of nitrogens with one attached hydrogen (secondary N) is 2. The molecular formula is C6H11N3O. The minimum Gasteiger partial charge on any atom is -0.510 e. The zero-order chi connectivity index (χ0) is 8.15. The number of aliphatic hydroxyl groups is 1. The van der Waals surface area contributed by atoms with Crippen LogP contribution in [0.2, 0.25) is 0 Å². The fraction of sp³-hybridized carbons (Fsp3) is 0.167. The minimum atomic E-state index is -0.208. The van der Waals surface area contributed by atoms with Gasteiger partial charge in [-0.25, -0.2) is 0 Å². The van der Waals surface area contributed by atoms with Crippen molar-refractivity contribution in [3.63, 3.8) is 0 Å². The van der Waals surface area contributed by atoms with Crippen molar-refractivity contribution in [1.29, 1.82) is 5.41 Å². The quantitative estimate of drug-likeness (QED) is 0.261. The number of nitrogens with two attached hydrogens (primary N) is 1. The standard InChI is InChI=1S/C6H11N3O/c1-3-9-5(4(2)10)6(7)8/h3,9-10H,1H2,2H3,(H3,7,8). The number of rotatable bonds is 3. The highest BCUT2D eigenvalue weighted by atomic mass is 16.3. The van der Waals surface area contributed by atoms with Crippen LogP contribution in [0, 0.1) is 5.41 Å². The molecule has 0 rings (SSSR count). The lowest BCUT2D eigenvalue weighted by molar-refractivity contribution is 0.407. The molecule has 0 saturated heterocycles. The number of allylic oxidation sites excluding steroid dienone is 1. The first kappa shape index (κ1) is 8.55. The Morgan fingerprint density at radius 1 is 1.80 bits per heavy atom. The predicted octanol–water partition coefficient (Wildman–Crippen LogP) is 0.445. The monoisotopic (exact) mass is 141 g/mol. The summed E-state index contributed by atoms with van der Waals surface area (Å²) in [6.07, 6.45) is 1.34. The Kier molecular flexibility index (Phi) is 3.04. The molecular weight excluding hydrogens is 130 g/mol. The van der Waals surface area contributed by atoms with Gasteiger partial charge in [0.1, 0.15) is 17.3 Å². The molecule has 0 saturated carbocycles. The van der Waals surface area contributed by atoms with E-state index < -0.39 is 0 Å². The smallest absolute Gasteiger partial charge is 0.143 e. The van der Waals surface area contributed by atoms with Gasteiger partial charge in [-0.1, -0.05) is 6.58 Å². The van der Waals surface area contributed by atoms with E-state index in [9.17, 15) is 0 Å². The third-order valence-electron chi connectivity index (χ3n) is 0.878. The molecule has 10 heavy (non-hydrogen) atoms. The first-order valence-electron chi connectivity index (χ1n) is 2.71. The normalized spacial score (nSPS) is 11.7. The average Bonchev–Trinajstić information content (AvgIpc) is 1.81. The Bertz CT molecular complexity index is 179. The molecule has 0 spiro atoms. The fourth-order valence-electron chi connectivity index (χ4n) is 0.479. The molecule has 0 unspecified atom stereocenters. The molecule has 0 amide bonds. The number of amidine groups is 1. The summed E-state index contributed by atoms with van der Waals surface area (Å²) in [5.41, 5.74) is 5.27. The minimum absolute atomic E-state index is 0.0209. The van der Waals surface area contributed by atoms with Crippen molar-refractivity contribution < 1.29 is 5.11 Å². The van der Waals surface area contributed by atoms with Gasteiger partial charge >= 0.3 is 0 Å². The second-order valence-electron chi connectivity index (χ2n) is 1.72. The highest BCUT2D eigenvalue weighted by Crippen LogP contribution is 1.94. The fourth-order valence-corrected chi connectivity index (χ4v) is 0.479. The van der Waals surface area contributed by atoms with Crippen LogP contribution in [0.25, 0.3) is 0 Å². The molecule has 0 aromatic rings. The molecule has 0 aliphatic heterocycles. The maximum atomic E-state index is 8.86. The highest BCUT2D eigenvalue weighted by Gasteiger charge is 2.01. The van der Waals surface area contributed by atoms with E-state index in [4.69, 9.17) is 16.2 Å². The summed E-state index contributed by atoms with van der Waals surface area (Å²) in [4.78, 5) is 0. The topological polar surface area (TPSA) is 82.1 Å². The second-order valence-corrected chi connectivity index (χ2v) is 1.72. The molecule has 0 aromatic carbocycles. The van der Waals surface area contributed by atoms with E-state index in [1.54, 1.807) is 0 Å². The van der Waals surface area contributed by atoms with Crippen molar-refractivity contribution >= 4 is 5.84 Å². The molecule has 0 radical (unpaired) electrons. The van der Waals surface area contributed by atoms with E-state index in [0.29, 0.717) is 0 Å². The van der Waals surface area contributed by atoms with E-state index in [0.717, 1.165) is 0 Å². The second kappa shape index (κ2) is 3.55. The molecule has 0 aromatic heterocycles. The van der Waals surface area contributed by atoms with Crippen LogP contribution in [-0.2, 0) is 0 Å². The molecule has 0 fully saturated rings. The van der Waals surface area contributed by atoms with Crippen molar-refractivity contribution in [3.8, 4) is 0 Å². The van der Waals surface area contributed by atoms with Crippen LogP contribution in [0.4, 0.5) is 0 Å². The van der Waals surface area contributed by atoms with E-state index in [1.807, 2.05) is 0 Å². The van der Waals surface area contributed by atoms with Crippen molar-refractivity contribution in [2.24, 2.45) is 5.73 Å². The molecule has 0 bridgehead atoms. The van der Waals surface area contributed by atoms with Gasteiger partial charge in [-0.3, -0.25) is 5.41 Å². The predicted molar refractivity (Wildman–Crippen MR) is 40.6 cm³/mol. The molecule has 0 heterocycles. The SMILES string of the molecule is C=CNC(C(=N)N)=C(C)O. The van der Waals surface area contributed by atoms with Crippen LogP contribution < -0.4 is 11.1 Å². The van der Waals surface area contributed by atoms with Gasteiger partial charge < -0.3 is 16.2 Å². The van der Waals surface area contributed by atoms with Crippen LogP contribution >= 0.6 is 0 Å². The lowest BCUT2D eigenvalue weighted by Crippen LogP contribution is -2.23. The molecule has 0 atom stereocenters. The largest absolute Gasteiger partial charge is 0.510 e. The van der Waals surface area contributed by atoms with E-state index in [1.165, 1.54) is 13.1 Å². The lowest BCUT2D eigenvalue weighted by Gasteiger charge is -2.04. The van der Waals surface area contributed by atoms with Gasteiger partial charge in [-0.15, -0.1) is 0 Å². The molecule has 0 aliphatic rings. The number of hydrogen-bond acceptors (Lipinski definition) is 3. The van der Waals surface area contributed by atoms with Gasteiger partial charge in [-0.2, -0.15) is 0 Å². The van der Waals surface area contributed by atoms with Crippen LogP contribution in [0.15, 0.2) is 24.2 Å². The summed E-state index contributed by atoms with van der Waals surface area (Å²) in [5, 5.41) is 18.3. The molecule has 4 heteroatoms. The van der Waals surface area contributed by atoms with Gasteiger partial charge in [-0.05, 0) is 13.1 Å². The third kappa shape index (κ3) is 2.21. The Labute approximate surface area is 59.6 Å². The van der Waals surface area contributed by atoms with Crippen molar-refractivity contribution in [2.75, 3.05) is 0 Å². The first-order valence-corrected chi connectivity index (χ1v) is 2.71.